The quantitative estimate of drug-likeness (QED) is 0.307. The number of aromatic hydroxyl groups is 2. The minimum atomic E-state index is -0.224. The summed E-state index contributed by atoms with van der Waals surface area (Å²) in [6.07, 6.45) is 3.52. The van der Waals surface area contributed by atoms with Crippen molar-refractivity contribution in [3.63, 3.8) is 0 Å². The molecular weight excluding hydrogens is 516 g/mol. The van der Waals surface area contributed by atoms with Crippen molar-refractivity contribution >= 4 is 23.8 Å². The van der Waals surface area contributed by atoms with Crippen LogP contribution in [0.25, 0.3) is 0 Å². The highest BCUT2D eigenvalue weighted by molar-refractivity contribution is 5.92. The first-order valence-corrected chi connectivity index (χ1v) is 15.0. The molecule has 0 radical (unpaired) electrons. The fourth-order valence-corrected chi connectivity index (χ4v) is 4.90. The van der Waals surface area contributed by atoms with Crippen molar-refractivity contribution in [3.05, 3.63) is 80.9 Å². The van der Waals surface area contributed by atoms with Crippen LogP contribution in [0.4, 0.5) is 11.4 Å². The summed E-state index contributed by atoms with van der Waals surface area (Å²) in [5.74, 6) is 0.515. The van der Waals surface area contributed by atoms with E-state index in [1.54, 1.807) is 12.4 Å². The molecule has 0 amide bonds. The first kappa shape index (κ1) is 33.1. The molecule has 3 aromatic rings. The lowest BCUT2D eigenvalue weighted by Gasteiger charge is -2.27. The maximum Gasteiger partial charge on any atom is 0.128 e. The minimum absolute atomic E-state index is 0.0828. The van der Waals surface area contributed by atoms with Gasteiger partial charge in [0.25, 0.3) is 0 Å². The Hall–Kier alpha value is -3.40. The zero-order valence-electron chi connectivity index (χ0n) is 28.4. The molecule has 0 atom stereocenters. The number of phenols is 2. The van der Waals surface area contributed by atoms with Gasteiger partial charge in [0, 0.05) is 34.7 Å². The predicted octanol–water partition coefficient (Wildman–Crippen LogP) is 10.4. The van der Waals surface area contributed by atoms with E-state index in [9.17, 15) is 10.2 Å². The van der Waals surface area contributed by atoms with Crippen LogP contribution in [0.3, 0.4) is 0 Å². The van der Waals surface area contributed by atoms with E-state index in [4.69, 9.17) is 9.98 Å². The summed E-state index contributed by atoms with van der Waals surface area (Å²) in [6.45, 7) is 29.8. The van der Waals surface area contributed by atoms with E-state index < -0.39 is 0 Å². The molecule has 0 unspecified atom stereocenters. The molecule has 0 heterocycles. The number of phenolic OH excluding ortho intramolecular Hbond substituents is 2. The Balaban J connectivity index is 2.21. The molecule has 0 aliphatic rings. The van der Waals surface area contributed by atoms with Gasteiger partial charge >= 0.3 is 0 Å². The van der Waals surface area contributed by atoms with Crippen molar-refractivity contribution in [1.29, 1.82) is 0 Å². The highest BCUT2D eigenvalue weighted by atomic mass is 16.3. The van der Waals surface area contributed by atoms with E-state index >= 15 is 0 Å². The Morgan fingerprint density at radius 2 is 0.810 bits per heavy atom. The monoisotopic (exact) mass is 568 g/mol. The normalized spacial score (nSPS) is 13.5. The predicted molar refractivity (Wildman–Crippen MR) is 181 cm³/mol. The molecule has 4 nitrogen and oxygen atoms in total. The second-order valence-corrected chi connectivity index (χ2v) is 15.8. The molecule has 3 rings (SSSR count). The smallest absolute Gasteiger partial charge is 0.128 e. The summed E-state index contributed by atoms with van der Waals surface area (Å²) in [7, 11) is 0. The lowest BCUT2D eigenvalue weighted by Crippen LogP contribution is -2.17. The maximum atomic E-state index is 11.3. The van der Waals surface area contributed by atoms with E-state index in [0.717, 1.165) is 44.8 Å². The Labute approximate surface area is 254 Å². The van der Waals surface area contributed by atoms with E-state index in [1.807, 2.05) is 38.1 Å². The molecule has 0 bridgehead atoms. The van der Waals surface area contributed by atoms with Crippen LogP contribution in [0.2, 0.25) is 0 Å². The minimum Gasteiger partial charge on any atom is -0.507 e. The highest BCUT2D eigenvalue weighted by Gasteiger charge is 2.26. The van der Waals surface area contributed by atoms with Gasteiger partial charge in [-0.2, -0.15) is 0 Å². The van der Waals surface area contributed by atoms with Gasteiger partial charge in [-0.05, 0) is 69.9 Å². The standard InChI is InChI=1S/C38H52N2O2/c1-23-15-16-24(2)32(40-22-26-18-28(36(6,7)8)20-30(34(26)42)38(12,13)14)31(23)39-21-25-17-27(35(3,4)5)19-29(33(25)41)37(9,10)11/h15-22,41-42H,1-14H3/b39-21+,40-22+. The molecule has 0 saturated carbocycles. The largest absolute Gasteiger partial charge is 0.507 e. The number of nitrogens with zero attached hydrogens (tertiary/aromatic N) is 2. The van der Waals surface area contributed by atoms with Gasteiger partial charge in [0.2, 0.25) is 0 Å². The van der Waals surface area contributed by atoms with Crippen LogP contribution in [0.5, 0.6) is 11.5 Å². The fraction of sp³-hybridized carbons (Fsp3) is 0.474. The molecule has 42 heavy (non-hydrogen) atoms. The van der Waals surface area contributed by atoms with Gasteiger partial charge < -0.3 is 10.2 Å². The van der Waals surface area contributed by atoms with Gasteiger partial charge in [-0.25, -0.2) is 0 Å². The number of benzene rings is 3. The summed E-state index contributed by atoms with van der Waals surface area (Å²) in [4.78, 5) is 9.86. The SMILES string of the molecule is Cc1ccc(C)c(/N=C/c2cc(C(C)(C)C)cc(C(C)(C)C)c2O)c1/N=C/c1cc(C(C)(C)C)cc(C(C)(C)C)c1O. The third-order valence-corrected chi connectivity index (χ3v) is 7.85. The van der Waals surface area contributed by atoms with Gasteiger partial charge in [-0.3, -0.25) is 9.98 Å². The molecule has 0 fully saturated rings. The van der Waals surface area contributed by atoms with Gasteiger partial charge in [0.15, 0.2) is 0 Å². The van der Waals surface area contributed by atoms with Crippen LogP contribution in [0.1, 0.15) is 128 Å². The summed E-state index contributed by atoms with van der Waals surface area (Å²) in [5, 5.41) is 22.6. The molecule has 0 aliphatic carbocycles. The van der Waals surface area contributed by atoms with Crippen molar-refractivity contribution < 1.29 is 10.2 Å². The van der Waals surface area contributed by atoms with Crippen molar-refractivity contribution in [2.75, 3.05) is 0 Å². The van der Waals surface area contributed by atoms with Gasteiger partial charge in [-0.15, -0.1) is 0 Å². The molecule has 0 aliphatic heterocycles. The van der Waals surface area contributed by atoms with Crippen molar-refractivity contribution in [2.24, 2.45) is 9.98 Å². The van der Waals surface area contributed by atoms with Crippen LogP contribution in [-0.4, -0.2) is 22.6 Å². The lowest BCUT2D eigenvalue weighted by molar-refractivity contribution is 0.443. The number of hydrogen-bond donors (Lipinski definition) is 2. The average Bonchev–Trinajstić information content (AvgIpc) is 2.82. The summed E-state index contributed by atoms with van der Waals surface area (Å²) in [6, 6.07) is 12.4. The number of aliphatic imine (C=N–C) groups is 2. The topological polar surface area (TPSA) is 65.2 Å². The molecule has 4 heteroatoms. The zero-order valence-corrected chi connectivity index (χ0v) is 28.4. The van der Waals surface area contributed by atoms with Gasteiger partial charge in [-0.1, -0.05) is 107 Å². The molecule has 226 valence electrons. The lowest BCUT2D eigenvalue weighted by atomic mass is 9.79. The van der Waals surface area contributed by atoms with Gasteiger partial charge in [0.05, 0.1) is 11.4 Å². The van der Waals surface area contributed by atoms with Crippen LogP contribution in [-0.2, 0) is 21.7 Å². The Morgan fingerprint density at radius 1 is 0.500 bits per heavy atom. The third-order valence-electron chi connectivity index (χ3n) is 7.85. The number of aryl methyl sites for hydroxylation is 2. The molecule has 0 aromatic heterocycles. The second-order valence-electron chi connectivity index (χ2n) is 15.8. The first-order valence-electron chi connectivity index (χ1n) is 15.0. The Bertz CT molecular complexity index is 1410. The van der Waals surface area contributed by atoms with E-state index in [0.29, 0.717) is 11.1 Å². The molecule has 3 aromatic carbocycles. The van der Waals surface area contributed by atoms with Crippen LogP contribution < -0.4 is 0 Å². The molecule has 2 N–H and O–H groups in total. The van der Waals surface area contributed by atoms with Crippen molar-refractivity contribution in [2.45, 2.75) is 119 Å². The van der Waals surface area contributed by atoms with Crippen LogP contribution in [0.15, 0.2) is 46.4 Å². The first-order chi connectivity index (χ1) is 19.0. The number of rotatable bonds is 4. The maximum absolute atomic E-state index is 11.3. The highest BCUT2D eigenvalue weighted by Crippen LogP contribution is 2.40. The third kappa shape index (κ3) is 7.32. The van der Waals surface area contributed by atoms with Crippen LogP contribution in [0, 0.1) is 13.8 Å². The zero-order chi connectivity index (χ0) is 32.0. The average molecular weight is 569 g/mol. The van der Waals surface area contributed by atoms with E-state index in [1.165, 1.54) is 0 Å². The summed E-state index contributed by atoms with van der Waals surface area (Å²) < 4.78 is 0. The Kier molecular flexibility index (Phi) is 8.95. The molecular formula is C38H52N2O2. The van der Waals surface area contributed by atoms with Crippen molar-refractivity contribution in [1.82, 2.24) is 0 Å². The van der Waals surface area contributed by atoms with Crippen molar-refractivity contribution in [3.8, 4) is 11.5 Å². The molecule has 0 saturated heterocycles. The summed E-state index contributed by atoms with van der Waals surface area (Å²) >= 11 is 0. The van der Waals surface area contributed by atoms with E-state index in [-0.39, 0.29) is 33.2 Å². The fourth-order valence-electron chi connectivity index (χ4n) is 4.90. The van der Waals surface area contributed by atoms with Crippen LogP contribution >= 0.6 is 0 Å². The number of hydrogen-bond acceptors (Lipinski definition) is 4. The van der Waals surface area contributed by atoms with E-state index in [2.05, 4.69) is 95.2 Å². The Morgan fingerprint density at radius 3 is 1.07 bits per heavy atom. The van der Waals surface area contributed by atoms with Gasteiger partial charge in [0.1, 0.15) is 11.5 Å². The second kappa shape index (κ2) is 11.4. The summed E-state index contributed by atoms with van der Waals surface area (Å²) in [5.41, 5.74) is 8.31. The molecule has 0 spiro atoms.